The van der Waals surface area contributed by atoms with Crippen LogP contribution in [0.5, 0.6) is 0 Å². The van der Waals surface area contributed by atoms with Crippen molar-refractivity contribution >= 4 is 26.7 Å². The minimum absolute atomic E-state index is 0.0853. The molecule has 6 nitrogen and oxygen atoms in total. The first-order valence-electron chi connectivity index (χ1n) is 9.42. The molecule has 0 atom stereocenters. The molecule has 1 aromatic heterocycles. The highest BCUT2D eigenvalue weighted by molar-refractivity contribution is 7.91. The highest BCUT2D eigenvalue weighted by Crippen LogP contribution is 2.22. The van der Waals surface area contributed by atoms with Crippen molar-refractivity contribution in [2.75, 3.05) is 4.72 Å². The molecule has 4 rings (SSSR count). The van der Waals surface area contributed by atoms with Gasteiger partial charge < -0.3 is 4.57 Å². The van der Waals surface area contributed by atoms with E-state index in [1.807, 2.05) is 48.0 Å². The van der Waals surface area contributed by atoms with Gasteiger partial charge in [-0.3, -0.25) is 4.72 Å². The maximum Gasteiger partial charge on any atom is 0.236 e. The SMILES string of the molecule is Cn1c(Cc2ccc(C#N)cc2)nc2cc(NS(=O)(=O)Cc3ccccc3)ccc21. The van der Waals surface area contributed by atoms with Crippen LogP contribution in [0.1, 0.15) is 22.5 Å². The molecule has 0 unspecified atom stereocenters. The summed E-state index contributed by atoms with van der Waals surface area (Å²) in [6.07, 6.45) is 0.617. The summed E-state index contributed by atoms with van der Waals surface area (Å²) < 4.78 is 29.7. The molecule has 0 radical (unpaired) electrons. The van der Waals surface area contributed by atoms with Crippen LogP contribution >= 0.6 is 0 Å². The van der Waals surface area contributed by atoms with Crippen LogP contribution in [0, 0.1) is 11.3 Å². The Hall–Kier alpha value is -3.63. The Morgan fingerprint density at radius 3 is 2.43 bits per heavy atom. The van der Waals surface area contributed by atoms with E-state index in [9.17, 15) is 8.42 Å². The number of fused-ring (bicyclic) bond motifs is 1. The van der Waals surface area contributed by atoms with Crippen molar-refractivity contribution in [1.82, 2.24) is 9.55 Å². The molecule has 1 heterocycles. The fraction of sp³-hybridized carbons (Fsp3) is 0.130. The highest BCUT2D eigenvalue weighted by Gasteiger charge is 2.14. The van der Waals surface area contributed by atoms with Crippen molar-refractivity contribution in [3.05, 3.63) is 95.3 Å². The van der Waals surface area contributed by atoms with E-state index < -0.39 is 10.0 Å². The monoisotopic (exact) mass is 416 g/mol. The summed E-state index contributed by atoms with van der Waals surface area (Å²) in [5.41, 5.74) is 4.54. The van der Waals surface area contributed by atoms with Gasteiger partial charge in [0.15, 0.2) is 0 Å². The molecule has 150 valence electrons. The Balaban J connectivity index is 1.56. The van der Waals surface area contributed by atoms with E-state index in [4.69, 9.17) is 5.26 Å². The van der Waals surface area contributed by atoms with Crippen LogP contribution in [0.4, 0.5) is 5.69 Å². The largest absolute Gasteiger partial charge is 0.331 e. The molecule has 30 heavy (non-hydrogen) atoms. The third-order valence-corrected chi connectivity index (χ3v) is 6.15. The molecule has 0 spiro atoms. The number of aromatic nitrogens is 2. The molecule has 0 saturated heterocycles. The van der Waals surface area contributed by atoms with Gasteiger partial charge in [0.25, 0.3) is 0 Å². The number of hydrogen-bond acceptors (Lipinski definition) is 4. The van der Waals surface area contributed by atoms with Gasteiger partial charge in [-0.2, -0.15) is 5.26 Å². The smallest absolute Gasteiger partial charge is 0.236 e. The average Bonchev–Trinajstić information content (AvgIpc) is 3.03. The van der Waals surface area contributed by atoms with E-state index in [-0.39, 0.29) is 5.75 Å². The van der Waals surface area contributed by atoms with Crippen molar-refractivity contribution in [2.24, 2.45) is 7.05 Å². The molecule has 0 aliphatic rings. The third-order valence-electron chi connectivity index (χ3n) is 4.89. The van der Waals surface area contributed by atoms with Gasteiger partial charge in [-0.25, -0.2) is 13.4 Å². The van der Waals surface area contributed by atoms with Crippen LogP contribution in [-0.2, 0) is 29.2 Å². The average molecular weight is 417 g/mol. The summed E-state index contributed by atoms with van der Waals surface area (Å²) in [6.45, 7) is 0. The maximum absolute atomic E-state index is 12.5. The van der Waals surface area contributed by atoms with Crippen molar-refractivity contribution in [3.8, 4) is 6.07 Å². The Bertz CT molecular complexity index is 1340. The van der Waals surface area contributed by atoms with Gasteiger partial charge in [0.2, 0.25) is 10.0 Å². The second-order valence-corrected chi connectivity index (χ2v) is 8.85. The van der Waals surface area contributed by atoms with Crippen LogP contribution < -0.4 is 4.72 Å². The lowest BCUT2D eigenvalue weighted by Gasteiger charge is -2.08. The molecule has 3 aromatic carbocycles. The Labute approximate surface area is 175 Å². The molecule has 4 aromatic rings. The van der Waals surface area contributed by atoms with E-state index >= 15 is 0 Å². The van der Waals surface area contributed by atoms with E-state index in [0.717, 1.165) is 28.0 Å². The topological polar surface area (TPSA) is 87.8 Å². The fourth-order valence-electron chi connectivity index (χ4n) is 3.36. The van der Waals surface area contributed by atoms with Gasteiger partial charge in [-0.05, 0) is 41.5 Å². The van der Waals surface area contributed by atoms with Gasteiger partial charge in [0.1, 0.15) is 5.82 Å². The first-order valence-corrected chi connectivity index (χ1v) is 11.1. The van der Waals surface area contributed by atoms with Crippen LogP contribution in [0.25, 0.3) is 11.0 Å². The Morgan fingerprint density at radius 1 is 1.00 bits per heavy atom. The van der Waals surface area contributed by atoms with Gasteiger partial charge in [-0.1, -0.05) is 42.5 Å². The molecular weight excluding hydrogens is 396 g/mol. The zero-order valence-electron chi connectivity index (χ0n) is 16.4. The zero-order valence-corrected chi connectivity index (χ0v) is 17.2. The molecule has 0 fully saturated rings. The fourth-order valence-corrected chi connectivity index (χ4v) is 4.55. The minimum atomic E-state index is -3.53. The van der Waals surface area contributed by atoms with Gasteiger partial charge >= 0.3 is 0 Å². The molecule has 0 bridgehead atoms. The molecule has 0 saturated carbocycles. The number of aryl methyl sites for hydroxylation is 1. The standard InChI is InChI=1S/C23H20N4O2S/c1-27-22-12-11-20(26-30(28,29)16-19-5-3-2-4-6-19)14-21(22)25-23(27)13-17-7-9-18(15-24)10-8-17/h2-12,14,26H,13,16H2,1H3. The van der Waals surface area contributed by atoms with Crippen LogP contribution in [-0.4, -0.2) is 18.0 Å². The van der Waals surface area contributed by atoms with Crippen molar-refractivity contribution in [1.29, 1.82) is 5.26 Å². The molecule has 0 amide bonds. The third kappa shape index (κ3) is 4.34. The molecule has 0 aliphatic carbocycles. The summed E-state index contributed by atoms with van der Waals surface area (Å²) in [5, 5.41) is 8.93. The summed E-state index contributed by atoms with van der Waals surface area (Å²) in [5.74, 6) is 0.775. The van der Waals surface area contributed by atoms with E-state index in [1.165, 1.54) is 0 Å². The zero-order chi connectivity index (χ0) is 21.1. The number of nitrogens with one attached hydrogen (secondary N) is 1. The first kappa shape index (κ1) is 19.7. The predicted molar refractivity (Wildman–Crippen MR) is 117 cm³/mol. The lowest BCUT2D eigenvalue weighted by Crippen LogP contribution is -2.15. The van der Waals surface area contributed by atoms with Gasteiger partial charge in [0.05, 0.1) is 34.1 Å². The summed E-state index contributed by atoms with van der Waals surface area (Å²) >= 11 is 0. The number of anilines is 1. The second kappa shape index (κ2) is 8.01. The summed E-state index contributed by atoms with van der Waals surface area (Å²) in [7, 11) is -1.59. The first-order chi connectivity index (χ1) is 14.4. The predicted octanol–water partition coefficient (Wildman–Crippen LogP) is 3.98. The number of benzene rings is 3. The molecular formula is C23H20N4O2S. The minimum Gasteiger partial charge on any atom is -0.331 e. The molecule has 0 aliphatic heterocycles. The highest BCUT2D eigenvalue weighted by atomic mass is 32.2. The normalized spacial score (nSPS) is 11.3. The van der Waals surface area contributed by atoms with Crippen LogP contribution in [0.3, 0.4) is 0 Å². The summed E-state index contributed by atoms with van der Waals surface area (Å²) in [4.78, 5) is 4.69. The van der Waals surface area contributed by atoms with Crippen LogP contribution in [0.15, 0.2) is 72.8 Å². The number of nitriles is 1. The quantitative estimate of drug-likeness (QED) is 0.515. The Morgan fingerprint density at radius 2 is 1.73 bits per heavy atom. The van der Waals surface area contributed by atoms with E-state index in [1.54, 1.807) is 36.4 Å². The lowest BCUT2D eigenvalue weighted by atomic mass is 10.1. The number of imidazole rings is 1. The number of hydrogen-bond donors (Lipinski definition) is 1. The second-order valence-electron chi connectivity index (χ2n) is 7.12. The van der Waals surface area contributed by atoms with Gasteiger partial charge in [0, 0.05) is 13.5 Å². The van der Waals surface area contributed by atoms with Crippen molar-refractivity contribution < 1.29 is 8.42 Å². The summed E-state index contributed by atoms with van der Waals surface area (Å²) in [6, 6.07) is 24.0. The maximum atomic E-state index is 12.5. The number of nitrogens with zero attached hydrogens (tertiary/aromatic N) is 3. The van der Waals surface area contributed by atoms with Gasteiger partial charge in [-0.15, -0.1) is 0 Å². The molecule has 7 heteroatoms. The Kier molecular flexibility index (Phi) is 5.25. The number of rotatable bonds is 6. The van der Waals surface area contributed by atoms with Crippen molar-refractivity contribution in [3.63, 3.8) is 0 Å². The van der Waals surface area contributed by atoms with E-state index in [0.29, 0.717) is 17.7 Å². The molecule has 1 N–H and O–H groups in total. The van der Waals surface area contributed by atoms with Crippen LogP contribution in [0.2, 0.25) is 0 Å². The van der Waals surface area contributed by atoms with E-state index in [2.05, 4.69) is 15.8 Å². The lowest BCUT2D eigenvalue weighted by molar-refractivity contribution is 0.600. The van der Waals surface area contributed by atoms with Crippen molar-refractivity contribution in [2.45, 2.75) is 12.2 Å². The number of sulfonamides is 1.